The van der Waals surface area contributed by atoms with Crippen LogP contribution >= 0.6 is 0 Å². The monoisotopic (exact) mass is 373 g/mol. The molecule has 0 aliphatic carbocycles. The number of aromatic amines is 1. The zero-order valence-electron chi connectivity index (χ0n) is 15.6. The third kappa shape index (κ3) is 3.74. The fourth-order valence-electron chi connectivity index (χ4n) is 3.09. The maximum absolute atomic E-state index is 12.6. The van der Waals surface area contributed by atoms with Gasteiger partial charge >= 0.3 is 6.09 Å². The summed E-state index contributed by atoms with van der Waals surface area (Å²) in [4.78, 5) is 15.9. The molecule has 0 aliphatic rings. The molecule has 0 saturated carbocycles. The van der Waals surface area contributed by atoms with Crippen molar-refractivity contribution in [2.75, 3.05) is 6.61 Å². The second kappa shape index (κ2) is 7.96. The number of ether oxygens (including phenoxy) is 2. The van der Waals surface area contributed by atoms with Gasteiger partial charge in [0.2, 0.25) is 0 Å². The van der Waals surface area contributed by atoms with Crippen molar-refractivity contribution < 1.29 is 18.8 Å². The van der Waals surface area contributed by atoms with Gasteiger partial charge in [-0.2, -0.15) is 4.79 Å². The lowest BCUT2D eigenvalue weighted by Crippen LogP contribution is -2.43. The summed E-state index contributed by atoms with van der Waals surface area (Å²) in [5, 5.41) is 0.933. The molecule has 140 valence electrons. The van der Waals surface area contributed by atoms with Crippen molar-refractivity contribution in [1.82, 2.24) is 4.98 Å². The number of nitrogens with zero attached hydrogens (tertiary/aromatic N) is 1. The van der Waals surface area contributed by atoms with Crippen LogP contribution in [0.15, 0.2) is 79.0 Å². The first kappa shape index (κ1) is 17.8. The van der Waals surface area contributed by atoms with Crippen molar-refractivity contribution in [2.45, 2.75) is 13.5 Å². The van der Waals surface area contributed by atoms with Gasteiger partial charge in [0.25, 0.3) is 5.65 Å². The lowest BCUT2D eigenvalue weighted by Gasteiger charge is -2.03. The molecule has 4 rings (SSSR count). The minimum Gasteiger partial charge on any atom is -0.494 e. The smallest absolute Gasteiger partial charge is 0.494 e. The highest BCUT2D eigenvalue weighted by Gasteiger charge is 2.20. The predicted molar refractivity (Wildman–Crippen MR) is 107 cm³/mol. The lowest BCUT2D eigenvalue weighted by molar-refractivity contribution is -0.561. The SMILES string of the molecule is CCOc1ccc(-c2cc3ccc[n+](C(=O)OCc4ccccc4)c3[nH]2)cc1. The van der Waals surface area contributed by atoms with Gasteiger partial charge in [0.1, 0.15) is 24.2 Å². The van der Waals surface area contributed by atoms with E-state index >= 15 is 0 Å². The molecule has 1 N–H and O–H groups in total. The molecule has 5 nitrogen and oxygen atoms in total. The average molecular weight is 373 g/mol. The fourth-order valence-corrected chi connectivity index (χ4v) is 3.09. The number of benzene rings is 2. The predicted octanol–water partition coefficient (Wildman–Crippen LogP) is 4.71. The summed E-state index contributed by atoms with van der Waals surface area (Å²) in [7, 11) is 0. The van der Waals surface area contributed by atoms with E-state index in [-0.39, 0.29) is 6.61 Å². The number of rotatable bonds is 5. The minimum atomic E-state index is -0.422. The Labute approximate surface area is 163 Å². The molecule has 0 fully saturated rings. The van der Waals surface area contributed by atoms with Gasteiger partial charge in [-0.3, -0.25) is 0 Å². The Morgan fingerprint density at radius 2 is 1.79 bits per heavy atom. The number of hydrogen-bond acceptors (Lipinski definition) is 3. The van der Waals surface area contributed by atoms with E-state index in [4.69, 9.17) is 9.47 Å². The van der Waals surface area contributed by atoms with Gasteiger partial charge in [-0.1, -0.05) is 30.3 Å². The molecule has 0 atom stereocenters. The van der Waals surface area contributed by atoms with E-state index < -0.39 is 6.09 Å². The van der Waals surface area contributed by atoms with Crippen LogP contribution in [0.5, 0.6) is 5.75 Å². The van der Waals surface area contributed by atoms with Crippen LogP contribution in [0, 0.1) is 0 Å². The van der Waals surface area contributed by atoms with Crippen molar-refractivity contribution in [2.24, 2.45) is 0 Å². The molecule has 2 heterocycles. The van der Waals surface area contributed by atoms with Crippen molar-refractivity contribution in [3.8, 4) is 17.0 Å². The number of H-pyrrole nitrogens is 1. The van der Waals surface area contributed by atoms with E-state index in [0.717, 1.165) is 28.0 Å². The van der Waals surface area contributed by atoms with Crippen LogP contribution in [0.2, 0.25) is 0 Å². The molecule has 0 spiro atoms. The van der Waals surface area contributed by atoms with Crippen LogP contribution in [0.4, 0.5) is 4.79 Å². The maximum Gasteiger partial charge on any atom is 0.512 e. The molecular formula is C23H21N2O3+. The average Bonchev–Trinajstić information content (AvgIpc) is 3.18. The van der Waals surface area contributed by atoms with Crippen molar-refractivity contribution in [1.29, 1.82) is 0 Å². The van der Waals surface area contributed by atoms with E-state index in [1.807, 2.05) is 79.7 Å². The Kier molecular flexibility index (Phi) is 5.06. The van der Waals surface area contributed by atoms with Crippen molar-refractivity contribution in [3.05, 3.63) is 84.6 Å². The summed E-state index contributed by atoms with van der Waals surface area (Å²) >= 11 is 0. The summed E-state index contributed by atoms with van der Waals surface area (Å²) in [5.74, 6) is 0.835. The number of aromatic nitrogens is 2. The molecule has 0 radical (unpaired) electrons. The van der Waals surface area contributed by atoms with Gasteiger partial charge in [0, 0.05) is 11.6 Å². The van der Waals surface area contributed by atoms with Gasteiger partial charge in [-0.05, 0) is 48.9 Å². The Morgan fingerprint density at radius 3 is 2.54 bits per heavy atom. The van der Waals surface area contributed by atoms with Crippen LogP contribution in [-0.4, -0.2) is 17.7 Å². The molecule has 0 aliphatic heterocycles. The molecule has 0 unspecified atom stereocenters. The Morgan fingerprint density at radius 1 is 1.00 bits per heavy atom. The molecule has 0 bridgehead atoms. The van der Waals surface area contributed by atoms with Gasteiger partial charge in [-0.15, -0.1) is 4.57 Å². The third-order valence-electron chi connectivity index (χ3n) is 4.46. The van der Waals surface area contributed by atoms with E-state index in [1.165, 1.54) is 4.57 Å². The van der Waals surface area contributed by atoms with Gasteiger partial charge in [0.05, 0.1) is 12.0 Å². The molecule has 5 heteroatoms. The Balaban J connectivity index is 1.59. The topological polar surface area (TPSA) is 55.2 Å². The summed E-state index contributed by atoms with van der Waals surface area (Å²) in [6, 6.07) is 23.3. The van der Waals surface area contributed by atoms with Crippen LogP contribution in [0.3, 0.4) is 0 Å². The summed E-state index contributed by atoms with van der Waals surface area (Å²) in [6.07, 6.45) is 1.28. The number of nitrogens with one attached hydrogen (secondary N) is 1. The van der Waals surface area contributed by atoms with Crippen molar-refractivity contribution in [3.63, 3.8) is 0 Å². The standard InChI is InChI=1S/C23H20N2O3/c1-2-27-20-12-10-18(11-13-20)21-15-19-9-6-14-25(22(19)24-21)23(26)28-16-17-7-4-3-5-8-17/h3-15H,2,16H2,1H3/p+1. The fraction of sp³-hybridized carbons (Fsp3) is 0.130. The van der Waals surface area contributed by atoms with Gasteiger partial charge in [-0.25, -0.2) is 4.98 Å². The normalized spacial score (nSPS) is 10.8. The molecular weight excluding hydrogens is 352 g/mol. The molecule has 0 saturated heterocycles. The van der Waals surface area contributed by atoms with Crippen LogP contribution in [0.25, 0.3) is 22.3 Å². The third-order valence-corrected chi connectivity index (χ3v) is 4.46. The maximum atomic E-state index is 12.6. The first-order valence-corrected chi connectivity index (χ1v) is 9.22. The van der Waals surface area contributed by atoms with Crippen LogP contribution < -0.4 is 9.30 Å². The highest BCUT2D eigenvalue weighted by Crippen LogP contribution is 2.24. The highest BCUT2D eigenvalue weighted by atomic mass is 16.5. The Hall–Kier alpha value is -3.60. The van der Waals surface area contributed by atoms with E-state index in [0.29, 0.717) is 12.3 Å². The summed E-state index contributed by atoms with van der Waals surface area (Å²) in [5.41, 5.74) is 3.59. The molecule has 28 heavy (non-hydrogen) atoms. The first-order valence-electron chi connectivity index (χ1n) is 9.22. The number of hydrogen-bond donors (Lipinski definition) is 1. The molecule has 0 amide bonds. The van der Waals surface area contributed by atoms with Crippen LogP contribution in [-0.2, 0) is 11.3 Å². The number of carbonyl (C=O) groups excluding carboxylic acids is 1. The Bertz CT molecular complexity index is 1090. The minimum absolute atomic E-state index is 0.232. The second-order valence-corrected chi connectivity index (χ2v) is 6.36. The van der Waals surface area contributed by atoms with E-state index in [2.05, 4.69) is 4.98 Å². The van der Waals surface area contributed by atoms with Gasteiger partial charge in [0.15, 0.2) is 0 Å². The number of carbonyl (C=O) groups is 1. The second-order valence-electron chi connectivity index (χ2n) is 6.36. The number of pyridine rings is 1. The van der Waals surface area contributed by atoms with Gasteiger partial charge < -0.3 is 9.47 Å². The first-order chi connectivity index (χ1) is 13.7. The summed E-state index contributed by atoms with van der Waals surface area (Å²) < 4.78 is 12.5. The highest BCUT2D eigenvalue weighted by molar-refractivity contribution is 5.82. The zero-order chi connectivity index (χ0) is 19.3. The molecule has 4 aromatic rings. The summed E-state index contributed by atoms with van der Waals surface area (Å²) in [6.45, 7) is 2.83. The van der Waals surface area contributed by atoms with E-state index in [9.17, 15) is 4.79 Å². The number of fused-ring (bicyclic) bond motifs is 1. The zero-order valence-corrected chi connectivity index (χ0v) is 15.6. The quantitative estimate of drug-likeness (QED) is 0.516. The lowest BCUT2D eigenvalue weighted by atomic mass is 10.1. The molecule has 2 aromatic carbocycles. The van der Waals surface area contributed by atoms with Crippen LogP contribution in [0.1, 0.15) is 12.5 Å². The molecule has 2 aromatic heterocycles. The largest absolute Gasteiger partial charge is 0.512 e. The van der Waals surface area contributed by atoms with Crippen molar-refractivity contribution >= 4 is 17.1 Å². The van der Waals surface area contributed by atoms with E-state index in [1.54, 1.807) is 6.20 Å².